The molecule has 1 nitrogen and oxygen atoms in total. The first-order valence-corrected chi connectivity index (χ1v) is 6.29. The Morgan fingerprint density at radius 3 is 2.19 bits per heavy atom. The fourth-order valence-corrected chi connectivity index (χ4v) is 2.08. The lowest BCUT2D eigenvalue weighted by atomic mass is 10.0. The minimum Gasteiger partial charge on any atom is -0.294 e. The molecule has 2 aromatic rings. The Balaban J connectivity index is 2.16. The average molecular weight is 317 g/mol. The van der Waals surface area contributed by atoms with Crippen molar-refractivity contribution in [1.29, 1.82) is 0 Å². The molecule has 0 aliphatic rings. The van der Waals surface area contributed by atoms with E-state index in [9.17, 15) is 22.4 Å². The quantitative estimate of drug-likeness (QED) is 0.580. The molecule has 0 aliphatic heterocycles. The van der Waals surface area contributed by atoms with Crippen molar-refractivity contribution in [3.63, 3.8) is 0 Å². The number of carbonyl (C=O) groups is 1. The van der Waals surface area contributed by atoms with Crippen molar-refractivity contribution < 1.29 is 22.4 Å². The lowest BCUT2D eigenvalue weighted by molar-refractivity contribution is -0.137. The molecule has 0 aliphatic carbocycles. The van der Waals surface area contributed by atoms with Crippen molar-refractivity contribution in [2.75, 3.05) is 0 Å². The van der Waals surface area contributed by atoms with Crippen LogP contribution in [0.15, 0.2) is 42.5 Å². The summed E-state index contributed by atoms with van der Waals surface area (Å²) < 4.78 is 50.1. The molecule has 0 bridgehead atoms. The van der Waals surface area contributed by atoms with Crippen LogP contribution >= 0.6 is 11.6 Å². The van der Waals surface area contributed by atoms with Gasteiger partial charge in [-0.3, -0.25) is 4.79 Å². The number of benzene rings is 2. The van der Waals surface area contributed by atoms with Crippen LogP contribution in [0.2, 0.25) is 5.02 Å². The zero-order valence-corrected chi connectivity index (χ0v) is 11.3. The predicted molar refractivity (Wildman–Crippen MR) is 70.9 cm³/mol. The second kappa shape index (κ2) is 5.85. The van der Waals surface area contributed by atoms with Crippen LogP contribution in [-0.4, -0.2) is 5.78 Å². The van der Waals surface area contributed by atoms with Gasteiger partial charge in [-0.15, -0.1) is 0 Å². The van der Waals surface area contributed by atoms with Gasteiger partial charge in [0.15, 0.2) is 5.78 Å². The second-order valence-corrected chi connectivity index (χ2v) is 4.83. The largest absolute Gasteiger partial charge is 0.416 e. The zero-order chi connectivity index (χ0) is 15.6. The molecule has 0 heterocycles. The summed E-state index contributed by atoms with van der Waals surface area (Å²) in [6.07, 6.45) is -4.52. The number of hydrogen-bond acceptors (Lipinski definition) is 1. The van der Waals surface area contributed by atoms with E-state index in [0.717, 1.165) is 24.3 Å². The first-order valence-electron chi connectivity index (χ1n) is 5.92. The summed E-state index contributed by atoms with van der Waals surface area (Å²) in [5.41, 5.74) is -0.218. The van der Waals surface area contributed by atoms with Crippen molar-refractivity contribution >= 4 is 17.4 Å². The highest BCUT2D eigenvalue weighted by atomic mass is 35.5. The maximum Gasteiger partial charge on any atom is 0.416 e. The molecule has 0 atom stereocenters. The van der Waals surface area contributed by atoms with Gasteiger partial charge in [-0.1, -0.05) is 23.7 Å². The van der Waals surface area contributed by atoms with E-state index in [2.05, 4.69) is 0 Å². The molecule has 110 valence electrons. The van der Waals surface area contributed by atoms with Gasteiger partial charge < -0.3 is 0 Å². The molecule has 2 rings (SSSR count). The van der Waals surface area contributed by atoms with E-state index in [-0.39, 0.29) is 22.8 Å². The number of ketones is 1. The van der Waals surface area contributed by atoms with Crippen LogP contribution in [0.25, 0.3) is 0 Å². The van der Waals surface area contributed by atoms with Crippen molar-refractivity contribution in [2.45, 2.75) is 12.6 Å². The van der Waals surface area contributed by atoms with Crippen LogP contribution in [-0.2, 0) is 12.6 Å². The summed E-state index contributed by atoms with van der Waals surface area (Å²) >= 11 is 5.77. The lowest BCUT2D eigenvalue weighted by Gasteiger charge is -2.08. The van der Waals surface area contributed by atoms with E-state index in [4.69, 9.17) is 11.6 Å². The van der Waals surface area contributed by atoms with Crippen LogP contribution < -0.4 is 0 Å². The molecule has 0 unspecified atom stereocenters. The molecule has 2 aromatic carbocycles. The average Bonchev–Trinajstić information content (AvgIpc) is 2.38. The molecule has 0 amide bonds. The summed E-state index contributed by atoms with van der Waals surface area (Å²) in [7, 11) is 0. The van der Waals surface area contributed by atoms with Crippen molar-refractivity contribution in [3.8, 4) is 0 Å². The topological polar surface area (TPSA) is 17.1 Å². The number of halogens is 5. The third kappa shape index (κ3) is 3.82. The molecule has 0 fully saturated rings. The molecule has 0 N–H and O–H groups in total. The van der Waals surface area contributed by atoms with E-state index in [0.29, 0.717) is 5.56 Å². The van der Waals surface area contributed by atoms with Crippen LogP contribution in [0.5, 0.6) is 0 Å². The summed E-state index contributed by atoms with van der Waals surface area (Å²) in [5.74, 6) is -0.953. The summed E-state index contributed by atoms with van der Waals surface area (Å²) in [6.45, 7) is 0. The Bertz CT molecular complexity index is 662. The minimum atomic E-state index is -4.41. The highest BCUT2D eigenvalue weighted by molar-refractivity contribution is 6.34. The molecule has 0 radical (unpaired) electrons. The first kappa shape index (κ1) is 15.5. The smallest absolute Gasteiger partial charge is 0.294 e. The Kier molecular flexibility index (Phi) is 4.32. The molecule has 0 saturated heterocycles. The van der Waals surface area contributed by atoms with E-state index < -0.39 is 17.6 Å². The van der Waals surface area contributed by atoms with Gasteiger partial charge in [-0.05, 0) is 35.9 Å². The molecule has 0 saturated carbocycles. The summed E-state index contributed by atoms with van der Waals surface area (Å²) in [5, 5.41) is -0.0214. The number of rotatable bonds is 3. The van der Waals surface area contributed by atoms with Gasteiger partial charge in [-0.2, -0.15) is 13.2 Å². The van der Waals surface area contributed by atoms with Crippen molar-refractivity contribution in [3.05, 3.63) is 70.0 Å². The van der Waals surface area contributed by atoms with E-state index in [1.165, 1.54) is 18.2 Å². The SMILES string of the molecule is O=C(Cc1ccc(C(F)(F)F)cc1)c1ccc(F)cc1Cl. The highest BCUT2D eigenvalue weighted by Crippen LogP contribution is 2.29. The maximum absolute atomic E-state index is 12.9. The van der Waals surface area contributed by atoms with Gasteiger partial charge in [-0.25, -0.2) is 4.39 Å². The third-order valence-electron chi connectivity index (χ3n) is 2.88. The van der Waals surface area contributed by atoms with Crippen LogP contribution in [0.3, 0.4) is 0 Å². The molecular formula is C15H9ClF4O. The summed E-state index contributed by atoms with van der Waals surface area (Å²) in [4.78, 5) is 12.0. The standard InChI is InChI=1S/C15H9ClF4O/c16-13-8-11(17)5-6-12(13)14(21)7-9-1-3-10(4-2-9)15(18,19)20/h1-6,8H,7H2. The molecule has 6 heteroatoms. The normalized spacial score (nSPS) is 11.5. The molecule has 21 heavy (non-hydrogen) atoms. The van der Waals surface area contributed by atoms with Gasteiger partial charge >= 0.3 is 6.18 Å². The minimum absolute atomic E-state index is 0.0214. The fourth-order valence-electron chi connectivity index (χ4n) is 1.81. The number of Topliss-reactive ketones (excluding diaryl/α,β-unsaturated/α-hetero) is 1. The van der Waals surface area contributed by atoms with Gasteiger partial charge in [0.1, 0.15) is 5.82 Å². The van der Waals surface area contributed by atoms with Gasteiger partial charge in [0, 0.05) is 12.0 Å². The summed E-state index contributed by atoms with van der Waals surface area (Å²) in [6, 6.07) is 7.66. The van der Waals surface area contributed by atoms with E-state index in [1.54, 1.807) is 0 Å². The lowest BCUT2D eigenvalue weighted by Crippen LogP contribution is -2.07. The van der Waals surface area contributed by atoms with Gasteiger partial charge in [0.2, 0.25) is 0 Å². The van der Waals surface area contributed by atoms with Crippen molar-refractivity contribution in [1.82, 2.24) is 0 Å². The Labute approximate surface area is 123 Å². The monoisotopic (exact) mass is 316 g/mol. The van der Waals surface area contributed by atoms with Crippen molar-refractivity contribution in [2.24, 2.45) is 0 Å². The predicted octanol–water partition coefficient (Wildman–Crippen LogP) is 4.92. The molecular weight excluding hydrogens is 308 g/mol. The first-order chi connectivity index (χ1) is 9.77. The van der Waals surface area contributed by atoms with E-state index >= 15 is 0 Å². The molecule has 0 spiro atoms. The Morgan fingerprint density at radius 1 is 1.05 bits per heavy atom. The Morgan fingerprint density at radius 2 is 1.67 bits per heavy atom. The van der Waals surface area contributed by atoms with Gasteiger partial charge in [0.25, 0.3) is 0 Å². The number of hydrogen-bond donors (Lipinski definition) is 0. The third-order valence-corrected chi connectivity index (χ3v) is 3.19. The fraction of sp³-hybridized carbons (Fsp3) is 0.133. The second-order valence-electron chi connectivity index (χ2n) is 4.42. The van der Waals surface area contributed by atoms with Crippen LogP contribution in [0.4, 0.5) is 17.6 Å². The molecule has 0 aromatic heterocycles. The zero-order valence-electron chi connectivity index (χ0n) is 10.5. The maximum atomic E-state index is 12.9. The van der Waals surface area contributed by atoms with Crippen LogP contribution in [0, 0.1) is 5.82 Å². The number of alkyl halides is 3. The van der Waals surface area contributed by atoms with Crippen LogP contribution in [0.1, 0.15) is 21.5 Å². The highest BCUT2D eigenvalue weighted by Gasteiger charge is 2.30. The van der Waals surface area contributed by atoms with E-state index in [1.807, 2.05) is 0 Å². The Hall–Kier alpha value is -1.88. The van der Waals surface area contributed by atoms with Gasteiger partial charge in [0.05, 0.1) is 10.6 Å². The number of carbonyl (C=O) groups excluding carboxylic acids is 1.